The maximum Gasteiger partial charge on any atom is 0.322 e. The van der Waals surface area contributed by atoms with Crippen LogP contribution in [-0.4, -0.2) is 34.2 Å². The molecule has 0 spiro atoms. The Kier molecular flexibility index (Phi) is 6.03. The lowest BCUT2D eigenvalue weighted by molar-refractivity contribution is -0.385. The van der Waals surface area contributed by atoms with E-state index in [0.717, 1.165) is 0 Å². The number of carbonyl (C=O) groups is 1. The number of nitrogens with zero attached hydrogens (tertiary/aromatic N) is 3. The molecule has 1 aromatic heterocycles. The van der Waals surface area contributed by atoms with Gasteiger partial charge in [-0.3, -0.25) is 20.2 Å². The highest BCUT2D eigenvalue weighted by Crippen LogP contribution is 2.33. The molecule has 0 saturated heterocycles. The van der Waals surface area contributed by atoms with E-state index < -0.39 is 10.8 Å². The topological polar surface area (TPSA) is 130 Å². The van der Waals surface area contributed by atoms with E-state index in [1.165, 1.54) is 24.3 Å². The first-order chi connectivity index (χ1) is 14.0. The second-order valence-electron chi connectivity index (χ2n) is 5.67. The minimum Gasteiger partial charge on any atom is -0.490 e. The van der Waals surface area contributed by atoms with E-state index in [9.17, 15) is 14.9 Å². The van der Waals surface area contributed by atoms with Gasteiger partial charge in [-0.05, 0) is 38.1 Å². The fourth-order valence-corrected chi connectivity index (χ4v) is 2.56. The summed E-state index contributed by atoms with van der Waals surface area (Å²) < 4.78 is 16.6. The van der Waals surface area contributed by atoms with Crippen LogP contribution in [-0.2, 0) is 0 Å². The Morgan fingerprint density at radius 2 is 1.83 bits per heavy atom. The first-order valence-corrected chi connectivity index (χ1v) is 8.81. The van der Waals surface area contributed by atoms with Gasteiger partial charge in [0.05, 0.1) is 18.1 Å². The molecule has 0 bridgehead atoms. The third-order valence-corrected chi connectivity index (χ3v) is 3.78. The lowest BCUT2D eigenvalue weighted by Crippen LogP contribution is -2.14. The van der Waals surface area contributed by atoms with E-state index in [-0.39, 0.29) is 23.2 Å². The number of hydrogen-bond acceptors (Lipinski definition) is 8. The number of hydrogen-bond donors (Lipinski definition) is 1. The number of anilines is 1. The van der Waals surface area contributed by atoms with Crippen LogP contribution in [0.3, 0.4) is 0 Å². The van der Waals surface area contributed by atoms with Crippen LogP contribution in [0.1, 0.15) is 24.2 Å². The summed E-state index contributed by atoms with van der Waals surface area (Å²) in [6.07, 6.45) is 0. The third kappa shape index (κ3) is 4.49. The van der Waals surface area contributed by atoms with E-state index in [1.807, 2.05) is 13.8 Å². The zero-order valence-electron chi connectivity index (χ0n) is 15.7. The molecule has 3 rings (SSSR count). The van der Waals surface area contributed by atoms with Crippen molar-refractivity contribution in [2.75, 3.05) is 18.5 Å². The number of nitrogens with one attached hydrogen (secondary N) is 1. The third-order valence-electron chi connectivity index (χ3n) is 3.78. The lowest BCUT2D eigenvalue weighted by atomic mass is 10.1. The van der Waals surface area contributed by atoms with E-state index in [0.29, 0.717) is 30.3 Å². The van der Waals surface area contributed by atoms with Crippen molar-refractivity contribution in [2.45, 2.75) is 13.8 Å². The summed E-state index contributed by atoms with van der Waals surface area (Å²) >= 11 is 0. The molecule has 10 nitrogen and oxygen atoms in total. The van der Waals surface area contributed by atoms with E-state index in [2.05, 4.69) is 15.5 Å². The van der Waals surface area contributed by atoms with Gasteiger partial charge in [0, 0.05) is 11.6 Å². The summed E-state index contributed by atoms with van der Waals surface area (Å²) in [6, 6.07) is 10.5. The molecule has 0 radical (unpaired) electrons. The average molecular weight is 398 g/mol. The molecule has 0 aliphatic rings. The summed E-state index contributed by atoms with van der Waals surface area (Å²) in [6.45, 7) is 4.66. The van der Waals surface area contributed by atoms with Crippen molar-refractivity contribution >= 4 is 17.6 Å². The molecule has 1 N–H and O–H groups in total. The van der Waals surface area contributed by atoms with Crippen molar-refractivity contribution in [3.05, 3.63) is 58.1 Å². The second-order valence-corrected chi connectivity index (χ2v) is 5.67. The van der Waals surface area contributed by atoms with Gasteiger partial charge in [0.2, 0.25) is 5.89 Å². The Balaban J connectivity index is 1.82. The zero-order chi connectivity index (χ0) is 20.8. The number of para-hydroxylation sites is 1. The smallest absolute Gasteiger partial charge is 0.322 e. The van der Waals surface area contributed by atoms with Crippen molar-refractivity contribution in [1.82, 2.24) is 10.2 Å². The first kappa shape index (κ1) is 19.8. The second kappa shape index (κ2) is 8.83. The maximum atomic E-state index is 12.4. The lowest BCUT2D eigenvalue weighted by Gasteiger charge is -2.11. The van der Waals surface area contributed by atoms with Crippen LogP contribution >= 0.6 is 0 Å². The predicted molar refractivity (Wildman–Crippen MR) is 103 cm³/mol. The molecule has 0 aliphatic carbocycles. The van der Waals surface area contributed by atoms with Crippen molar-refractivity contribution in [3.63, 3.8) is 0 Å². The molecule has 2 aromatic carbocycles. The van der Waals surface area contributed by atoms with Gasteiger partial charge in [0.15, 0.2) is 11.5 Å². The molecule has 0 aliphatic heterocycles. The molecule has 29 heavy (non-hydrogen) atoms. The van der Waals surface area contributed by atoms with Gasteiger partial charge in [-0.1, -0.05) is 17.2 Å². The molecule has 150 valence electrons. The molecule has 10 heteroatoms. The highest BCUT2D eigenvalue weighted by molar-refractivity contribution is 6.06. The summed E-state index contributed by atoms with van der Waals surface area (Å²) in [7, 11) is 0. The van der Waals surface area contributed by atoms with Crippen LogP contribution in [0.15, 0.2) is 46.9 Å². The number of ether oxygens (including phenoxy) is 2. The Morgan fingerprint density at radius 3 is 2.55 bits per heavy atom. The average Bonchev–Trinajstić information content (AvgIpc) is 3.18. The van der Waals surface area contributed by atoms with Gasteiger partial charge in [0.25, 0.3) is 11.6 Å². The summed E-state index contributed by atoms with van der Waals surface area (Å²) in [5.41, 5.74) is 0.130. The Morgan fingerprint density at radius 1 is 1.10 bits per heavy atom. The summed E-state index contributed by atoms with van der Waals surface area (Å²) in [4.78, 5) is 22.8. The summed E-state index contributed by atoms with van der Waals surface area (Å²) in [5, 5.41) is 21.1. The molecule has 3 aromatic rings. The fraction of sp³-hybridized carbons (Fsp3) is 0.211. The minimum atomic E-state index is -0.728. The van der Waals surface area contributed by atoms with Crippen molar-refractivity contribution < 1.29 is 23.6 Å². The molecule has 1 amide bonds. The molecule has 0 unspecified atom stereocenters. The van der Waals surface area contributed by atoms with Gasteiger partial charge in [-0.15, -0.1) is 5.10 Å². The Labute approximate surface area is 165 Å². The number of carbonyl (C=O) groups excluding carboxylic acids is 1. The number of nitro groups is 1. The number of benzene rings is 2. The quantitative estimate of drug-likeness (QED) is 0.449. The summed E-state index contributed by atoms with van der Waals surface area (Å²) in [5.74, 6) is 0.527. The monoisotopic (exact) mass is 398 g/mol. The largest absolute Gasteiger partial charge is 0.490 e. The first-order valence-electron chi connectivity index (χ1n) is 8.81. The molecular weight excluding hydrogens is 380 g/mol. The van der Waals surface area contributed by atoms with Crippen molar-refractivity contribution in [3.8, 4) is 23.0 Å². The molecular formula is C19H18N4O6. The maximum absolute atomic E-state index is 12.4. The van der Waals surface area contributed by atoms with E-state index in [1.54, 1.807) is 18.2 Å². The Bertz CT molecular complexity index is 1030. The molecule has 0 fully saturated rings. The van der Waals surface area contributed by atoms with Crippen LogP contribution in [0.5, 0.6) is 11.5 Å². The minimum absolute atomic E-state index is 0.114. The Hall–Kier alpha value is -3.95. The normalized spacial score (nSPS) is 10.4. The van der Waals surface area contributed by atoms with Crippen LogP contribution in [0, 0.1) is 10.1 Å². The van der Waals surface area contributed by atoms with Crippen LogP contribution in [0.4, 0.5) is 11.7 Å². The zero-order valence-corrected chi connectivity index (χ0v) is 15.7. The standard InChI is InChI=1S/C19H18N4O6/c1-3-27-15-10-9-12(11-16(15)28-4-2)18-21-22-19(29-18)20-17(24)13-7-5-6-8-14(13)23(25)26/h5-11H,3-4H2,1-2H3,(H,20,22,24). The van der Waals surface area contributed by atoms with Gasteiger partial charge >= 0.3 is 6.01 Å². The number of amides is 1. The number of nitro benzene ring substituents is 1. The van der Waals surface area contributed by atoms with Gasteiger partial charge in [-0.25, -0.2) is 0 Å². The van der Waals surface area contributed by atoms with E-state index in [4.69, 9.17) is 13.9 Å². The molecule has 1 heterocycles. The van der Waals surface area contributed by atoms with Gasteiger partial charge < -0.3 is 13.9 Å². The van der Waals surface area contributed by atoms with Crippen LogP contribution < -0.4 is 14.8 Å². The van der Waals surface area contributed by atoms with Crippen molar-refractivity contribution in [1.29, 1.82) is 0 Å². The highest BCUT2D eigenvalue weighted by atomic mass is 16.6. The van der Waals surface area contributed by atoms with E-state index >= 15 is 0 Å². The highest BCUT2D eigenvalue weighted by Gasteiger charge is 2.21. The fourth-order valence-electron chi connectivity index (χ4n) is 2.56. The van der Waals surface area contributed by atoms with Crippen LogP contribution in [0.25, 0.3) is 11.5 Å². The molecule has 0 atom stereocenters. The predicted octanol–water partition coefficient (Wildman–Crippen LogP) is 3.69. The molecule has 0 saturated carbocycles. The van der Waals surface area contributed by atoms with Gasteiger partial charge in [0.1, 0.15) is 5.56 Å². The van der Waals surface area contributed by atoms with Crippen LogP contribution in [0.2, 0.25) is 0 Å². The van der Waals surface area contributed by atoms with Crippen molar-refractivity contribution in [2.24, 2.45) is 0 Å². The SMILES string of the molecule is CCOc1ccc(-c2nnc(NC(=O)c3ccccc3[N+](=O)[O-])o2)cc1OCC. The number of aromatic nitrogens is 2. The number of rotatable bonds is 8. The van der Waals surface area contributed by atoms with Gasteiger partial charge in [-0.2, -0.15) is 0 Å².